The van der Waals surface area contributed by atoms with Crippen LogP contribution in [-0.4, -0.2) is 22.4 Å². The fourth-order valence-electron chi connectivity index (χ4n) is 1.64. The molecule has 72 valence electrons. The highest BCUT2D eigenvalue weighted by Gasteiger charge is 2.21. The van der Waals surface area contributed by atoms with E-state index < -0.39 is 12.2 Å². The molecule has 0 aliphatic rings. The average molecular weight is 180 g/mol. The van der Waals surface area contributed by atoms with E-state index >= 15 is 0 Å². The molecule has 0 saturated heterocycles. The topological polar surface area (TPSA) is 40.5 Å². The van der Waals surface area contributed by atoms with Gasteiger partial charge in [0.2, 0.25) is 0 Å². The van der Waals surface area contributed by atoms with Gasteiger partial charge in [0.1, 0.15) is 0 Å². The third-order valence-corrected chi connectivity index (χ3v) is 2.22. The highest BCUT2D eigenvalue weighted by Crippen LogP contribution is 2.23. The summed E-state index contributed by atoms with van der Waals surface area (Å²) in [5.74, 6) is -0.193. The van der Waals surface area contributed by atoms with Crippen LogP contribution in [-0.2, 0) is 0 Å². The first-order chi connectivity index (χ1) is 6.13. The first kappa shape index (κ1) is 10.2. The Morgan fingerprint density at radius 2 is 1.38 bits per heavy atom. The summed E-state index contributed by atoms with van der Waals surface area (Å²) in [6.45, 7) is 3.40. The Hall–Kier alpha value is -0.860. The molecule has 2 N–H and O–H groups in total. The lowest BCUT2D eigenvalue weighted by atomic mass is 9.90. The molecule has 1 rings (SSSR count). The van der Waals surface area contributed by atoms with Crippen molar-refractivity contribution >= 4 is 0 Å². The molecule has 0 amide bonds. The molecule has 0 fully saturated rings. The summed E-state index contributed by atoms with van der Waals surface area (Å²) in [5, 5.41) is 19.0. The van der Waals surface area contributed by atoms with Crippen molar-refractivity contribution in [1.29, 1.82) is 0 Å². The van der Waals surface area contributed by atoms with Crippen LogP contribution in [0.4, 0.5) is 0 Å². The predicted molar refractivity (Wildman–Crippen MR) is 52.5 cm³/mol. The van der Waals surface area contributed by atoms with E-state index in [1.54, 1.807) is 13.8 Å². The minimum absolute atomic E-state index is 0.193. The van der Waals surface area contributed by atoms with Gasteiger partial charge in [-0.3, -0.25) is 0 Å². The van der Waals surface area contributed by atoms with E-state index in [2.05, 4.69) is 0 Å². The van der Waals surface area contributed by atoms with Crippen molar-refractivity contribution in [2.75, 3.05) is 0 Å². The smallest absolute Gasteiger partial charge is 0.0605 e. The molecule has 2 heteroatoms. The number of hydrogen-bond donors (Lipinski definition) is 2. The van der Waals surface area contributed by atoms with Crippen molar-refractivity contribution in [2.24, 2.45) is 0 Å². The van der Waals surface area contributed by atoms with Gasteiger partial charge in [0, 0.05) is 5.92 Å². The Bertz CT molecular complexity index is 234. The largest absolute Gasteiger partial charge is 0.393 e. The van der Waals surface area contributed by atoms with E-state index in [4.69, 9.17) is 0 Å². The van der Waals surface area contributed by atoms with E-state index in [9.17, 15) is 10.2 Å². The molecular weight excluding hydrogens is 164 g/mol. The highest BCUT2D eigenvalue weighted by atomic mass is 16.3. The van der Waals surface area contributed by atoms with Crippen LogP contribution >= 0.6 is 0 Å². The SMILES string of the molecule is CC(O)C(c1ccccc1)C(C)O. The summed E-state index contributed by atoms with van der Waals surface area (Å²) in [7, 11) is 0. The molecule has 0 radical (unpaired) electrons. The first-order valence-electron chi connectivity index (χ1n) is 4.54. The summed E-state index contributed by atoms with van der Waals surface area (Å²) < 4.78 is 0. The molecule has 1 aromatic carbocycles. The molecule has 0 spiro atoms. The Kier molecular flexibility index (Phi) is 3.46. The zero-order valence-electron chi connectivity index (χ0n) is 8.01. The Balaban J connectivity index is 2.89. The molecule has 0 aromatic heterocycles. The number of aliphatic hydroxyl groups is 2. The molecule has 0 aliphatic carbocycles. The molecule has 2 unspecified atom stereocenters. The van der Waals surface area contributed by atoms with Gasteiger partial charge in [-0.1, -0.05) is 30.3 Å². The molecule has 2 nitrogen and oxygen atoms in total. The molecule has 0 heterocycles. The highest BCUT2D eigenvalue weighted by molar-refractivity contribution is 5.21. The normalized spacial score (nSPS) is 17.8. The standard InChI is InChI=1S/C11H16O2/c1-8(12)11(9(2)13)10-6-4-3-5-7-10/h3-9,11-13H,1-2H3. The number of rotatable bonds is 3. The van der Waals surface area contributed by atoms with Gasteiger partial charge >= 0.3 is 0 Å². The molecule has 1 aromatic rings. The second-order valence-electron chi connectivity index (χ2n) is 3.42. The molecule has 0 aliphatic heterocycles. The number of hydrogen-bond acceptors (Lipinski definition) is 2. The van der Waals surface area contributed by atoms with Gasteiger partial charge in [-0.05, 0) is 19.4 Å². The van der Waals surface area contributed by atoms with Crippen LogP contribution in [0.2, 0.25) is 0 Å². The van der Waals surface area contributed by atoms with Gasteiger partial charge in [-0.15, -0.1) is 0 Å². The molecular formula is C11H16O2. The van der Waals surface area contributed by atoms with Crippen molar-refractivity contribution in [3.8, 4) is 0 Å². The van der Waals surface area contributed by atoms with Crippen molar-refractivity contribution in [1.82, 2.24) is 0 Å². The van der Waals surface area contributed by atoms with Crippen LogP contribution in [0.25, 0.3) is 0 Å². The first-order valence-corrected chi connectivity index (χ1v) is 4.54. The molecule has 0 bridgehead atoms. The molecule has 0 saturated carbocycles. The monoisotopic (exact) mass is 180 g/mol. The van der Waals surface area contributed by atoms with Crippen LogP contribution in [0.1, 0.15) is 25.3 Å². The van der Waals surface area contributed by atoms with Crippen LogP contribution < -0.4 is 0 Å². The van der Waals surface area contributed by atoms with Gasteiger partial charge in [0.05, 0.1) is 12.2 Å². The van der Waals surface area contributed by atoms with E-state index in [0.29, 0.717) is 0 Å². The quantitative estimate of drug-likeness (QED) is 0.740. The maximum absolute atomic E-state index is 9.48. The van der Waals surface area contributed by atoms with Crippen LogP contribution in [0, 0.1) is 0 Å². The van der Waals surface area contributed by atoms with E-state index in [1.807, 2.05) is 30.3 Å². The maximum atomic E-state index is 9.48. The summed E-state index contributed by atoms with van der Waals surface area (Å²) in [4.78, 5) is 0. The summed E-state index contributed by atoms with van der Waals surface area (Å²) in [6, 6.07) is 9.58. The van der Waals surface area contributed by atoms with Gasteiger partial charge in [0.15, 0.2) is 0 Å². The van der Waals surface area contributed by atoms with E-state index in [0.717, 1.165) is 5.56 Å². The third-order valence-electron chi connectivity index (χ3n) is 2.22. The maximum Gasteiger partial charge on any atom is 0.0605 e. The third kappa shape index (κ3) is 2.54. The van der Waals surface area contributed by atoms with Gasteiger partial charge in [-0.25, -0.2) is 0 Å². The minimum Gasteiger partial charge on any atom is -0.393 e. The second kappa shape index (κ2) is 4.40. The molecule has 13 heavy (non-hydrogen) atoms. The Morgan fingerprint density at radius 3 is 1.77 bits per heavy atom. The lowest BCUT2D eigenvalue weighted by molar-refractivity contribution is 0.0730. The van der Waals surface area contributed by atoms with Crippen LogP contribution in [0.15, 0.2) is 30.3 Å². The van der Waals surface area contributed by atoms with Gasteiger partial charge in [-0.2, -0.15) is 0 Å². The van der Waals surface area contributed by atoms with E-state index in [-0.39, 0.29) is 5.92 Å². The van der Waals surface area contributed by atoms with Crippen molar-refractivity contribution in [3.63, 3.8) is 0 Å². The van der Waals surface area contributed by atoms with E-state index in [1.165, 1.54) is 0 Å². The summed E-state index contributed by atoms with van der Waals surface area (Å²) in [5.41, 5.74) is 0.979. The minimum atomic E-state index is -0.526. The zero-order valence-corrected chi connectivity index (χ0v) is 8.01. The number of benzene rings is 1. The van der Waals surface area contributed by atoms with Crippen molar-refractivity contribution in [3.05, 3.63) is 35.9 Å². The van der Waals surface area contributed by atoms with Crippen molar-refractivity contribution < 1.29 is 10.2 Å². The average Bonchev–Trinajstić information content (AvgIpc) is 2.04. The lowest BCUT2D eigenvalue weighted by Gasteiger charge is -2.22. The van der Waals surface area contributed by atoms with Gasteiger partial charge < -0.3 is 10.2 Å². The van der Waals surface area contributed by atoms with Gasteiger partial charge in [0.25, 0.3) is 0 Å². The Morgan fingerprint density at radius 1 is 0.923 bits per heavy atom. The Labute approximate surface area is 78.8 Å². The fourth-order valence-corrected chi connectivity index (χ4v) is 1.64. The fraction of sp³-hybridized carbons (Fsp3) is 0.455. The van der Waals surface area contributed by atoms with Crippen molar-refractivity contribution in [2.45, 2.75) is 32.0 Å². The summed E-state index contributed by atoms with van der Waals surface area (Å²) >= 11 is 0. The zero-order chi connectivity index (χ0) is 9.84. The van der Waals surface area contributed by atoms with Crippen LogP contribution in [0.5, 0.6) is 0 Å². The predicted octanol–water partition coefficient (Wildman–Crippen LogP) is 1.53. The second-order valence-corrected chi connectivity index (χ2v) is 3.42. The summed E-state index contributed by atoms with van der Waals surface area (Å²) in [6.07, 6.45) is -1.05. The van der Waals surface area contributed by atoms with Crippen LogP contribution in [0.3, 0.4) is 0 Å². The number of aliphatic hydroxyl groups excluding tert-OH is 2. The lowest BCUT2D eigenvalue weighted by Crippen LogP contribution is -2.25. The molecule has 2 atom stereocenters.